The van der Waals surface area contributed by atoms with Gasteiger partial charge >= 0.3 is 0 Å². The average Bonchev–Trinajstić information content (AvgIpc) is 2.63. The number of aliphatic imine (C=N–C) groups is 1. The fourth-order valence-corrected chi connectivity index (χ4v) is 3.20. The maximum Gasteiger partial charge on any atom is 0.225 e. The molecule has 0 aromatic heterocycles. The SMILES string of the molecule is CCCN(CC)CCNC(=NC)NCC1CC(=O)Nc2ccccc21. The van der Waals surface area contributed by atoms with Crippen molar-refractivity contribution in [1.29, 1.82) is 0 Å². The summed E-state index contributed by atoms with van der Waals surface area (Å²) in [7, 11) is 1.78. The third kappa shape index (κ3) is 5.74. The molecule has 1 aromatic carbocycles. The Bertz CT molecular complexity index is 587. The molecule has 138 valence electrons. The molecule has 1 aliphatic heterocycles. The van der Waals surface area contributed by atoms with E-state index in [4.69, 9.17) is 0 Å². The van der Waals surface area contributed by atoms with Crippen LogP contribution >= 0.6 is 0 Å². The zero-order chi connectivity index (χ0) is 18.1. The molecule has 1 amide bonds. The van der Waals surface area contributed by atoms with E-state index in [2.05, 4.69) is 45.8 Å². The highest BCUT2D eigenvalue weighted by molar-refractivity contribution is 5.94. The summed E-state index contributed by atoms with van der Waals surface area (Å²) in [6.45, 7) is 9.13. The van der Waals surface area contributed by atoms with Gasteiger partial charge in [-0.05, 0) is 31.1 Å². The molecule has 1 atom stereocenters. The van der Waals surface area contributed by atoms with Crippen LogP contribution in [-0.4, -0.2) is 56.5 Å². The topological polar surface area (TPSA) is 68.8 Å². The predicted octanol–water partition coefficient (Wildman–Crippen LogP) is 2.01. The fraction of sp³-hybridized carbons (Fsp3) is 0.579. The van der Waals surface area contributed by atoms with Crippen LogP contribution in [0.5, 0.6) is 0 Å². The van der Waals surface area contributed by atoms with Gasteiger partial charge in [0.25, 0.3) is 0 Å². The van der Waals surface area contributed by atoms with Crippen LogP contribution in [0.3, 0.4) is 0 Å². The molecular formula is C19H31N5O. The molecule has 1 unspecified atom stereocenters. The Labute approximate surface area is 151 Å². The summed E-state index contributed by atoms with van der Waals surface area (Å²) in [4.78, 5) is 18.6. The van der Waals surface area contributed by atoms with Crippen molar-refractivity contribution in [1.82, 2.24) is 15.5 Å². The van der Waals surface area contributed by atoms with Crippen LogP contribution in [0.2, 0.25) is 0 Å². The number of nitrogens with zero attached hydrogens (tertiary/aromatic N) is 2. The van der Waals surface area contributed by atoms with E-state index in [1.807, 2.05) is 18.2 Å². The summed E-state index contributed by atoms with van der Waals surface area (Å²) in [5.74, 6) is 1.03. The van der Waals surface area contributed by atoms with Crippen molar-refractivity contribution < 1.29 is 4.79 Å². The Balaban J connectivity index is 1.84. The van der Waals surface area contributed by atoms with E-state index in [-0.39, 0.29) is 11.8 Å². The van der Waals surface area contributed by atoms with Gasteiger partial charge in [0.2, 0.25) is 5.91 Å². The lowest BCUT2D eigenvalue weighted by atomic mass is 9.90. The quantitative estimate of drug-likeness (QED) is 0.498. The zero-order valence-electron chi connectivity index (χ0n) is 15.6. The van der Waals surface area contributed by atoms with Crippen molar-refractivity contribution in [2.24, 2.45) is 4.99 Å². The molecule has 3 N–H and O–H groups in total. The van der Waals surface area contributed by atoms with Crippen LogP contribution in [0.1, 0.15) is 38.2 Å². The smallest absolute Gasteiger partial charge is 0.225 e. The highest BCUT2D eigenvalue weighted by Crippen LogP contribution is 2.31. The standard InChI is InChI=1S/C19H31N5O/c1-4-11-24(5-2)12-10-21-19(20-3)22-14-15-13-18(25)23-17-9-7-6-8-16(15)17/h6-9,15H,4-5,10-14H2,1-3H3,(H,23,25)(H2,20,21,22). The van der Waals surface area contributed by atoms with Crippen LogP contribution in [0.15, 0.2) is 29.3 Å². The lowest BCUT2D eigenvalue weighted by Crippen LogP contribution is -2.43. The first-order valence-corrected chi connectivity index (χ1v) is 9.23. The molecule has 0 saturated heterocycles. The number of benzene rings is 1. The maximum atomic E-state index is 11.9. The van der Waals surface area contributed by atoms with Gasteiger partial charge in [-0.1, -0.05) is 32.0 Å². The Kier molecular flexibility index (Phi) is 7.73. The molecule has 1 aliphatic rings. The van der Waals surface area contributed by atoms with E-state index < -0.39 is 0 Å². The van der Waals surface area contributed by atoms with Gasteiger partial charge in [0.1, 0.15) is 0 Å². The van der Waals surface area contributed by atoms with Crippen LogP contribution in [0.25, 0.3) is 0 Å². The molecule has 0 bridgehead atoms. The van der Waals surface area contributed by atoms with E-state index in [1.54, 1.807) is 7.05 Å². The largest absolute Gasteiger partial charge is 0.356 e. The molecule has 25 heavy (non-hydrogen) atoms. The molecule has 1 aromatic rings. The maximum absolute atomic E-state index is 11.9. The van der Waals surface area contributed by atoms with Gasteiger partial charge in [0, 0.05) is 44.7 Å². The average molecular weight is 345 g/mol. The van der Waals surface area contributed by atoms with E-state index >= 15 is 0 Å². The van der Waals surface area contributed by atoms with E-state index in [0.29, 0.717) is 13.0 Å². The lowest BCUT2D eigenvalue weighted by molar-refractivity contribution is -0.116. The third-order valence-electron chi connectivity index (χ3n) is 4.55. The van der Waals surface area contributed by atoms with Gasteiger partial charge in [0.15, 0.2) is 5.96 Å². The second-order valence-corrected chi connectivity index (χ2v) is 6.35. The Morgan fingerprint density at radius 3 is 2.80 bits per heavy atom. The summed E-state index contributed by atoms with van der Waals surface area (Å²) in [5.41, 5.74) is 2.11. The van der Waals surface area contributed by atoms with Crippen molar-refractivity contribution in [3.05, 3.63) is 29.8 Å². The molecular weight excluding hydrogens is 314 g/mol. The summed E-state index contributed by atoms with van der Waals surface area (Å²) < 4.78 is 0. The zero-order valence-corrected chi connectivity index (χ0v) is 15.6. The molecule has 6 nitrogen and oxygen atoms in total. The Morgan fingerprint density at radius 2 is 2.08 bits per heavy atom. The number of hydrogen-bond donors (Lipinski definition) is 3. The summed E-state index contributed by atoms with van der Waals surface area (Å²) >= 11 is 0. The van der Waals surface area contributed by atoms with Gasteiger partial charge in [0.05, 0.1) is 0 Å². The number of amides is 1. The van der Waals surface area contributed by atoms with Crippen LogP contribution in [0, 0.1) is 0 Å². The van der Waals surface area contributed by atoms with Gasteiger partial charge < -0.3 is 20.9 Å². The van der Waals surface area contributed by atoms with Crippen LogP contribution in [0.4, 0.5) is 5.69 Å². The minimum Gasteiger partial charge on any atom is -0.356 e. The lowest BCUT2D eigenvalue weighted by Gasteiger charge is -2.26. The van der Waals surface area contributed by atoms with Gasteiger partial charge in [-0.15, -0.1) is 0 Å². The Hall–Kier alpha value is -2.08. The molecule has 1 heterocycles. The van der Waals surface area contributed by atoms with E-state index in [1.165, 1.54) is 12.0 Å². The number of carbonyl (C=O) groups is 1. The number of para-hydroxylation sites is 1. The first-order valence-electron chi connectivity index (χ1n) is 9.23. The number of carbonyl (C=O) groups excluding carboxylic acids is 1. The van der Waals surface area contributed by atoms with Gasteiger partial charge in [-0.25, -0.2) is 0 Å². The molecule has 0 aliphatic carbocycles. The summed E-state index contributed by atoms with van der Waals surface area (Å²) in [6, 6.07) is 8.01. The van der Waals surface area contributed by atoms with Gasteiger partial charge in [-0.2, -0.15) is 0 Å². The fourth-order valence-electron chi connectivity index (χ4n) is 3.20. The van der Waals surface area contributed by atoms with Crippen LogP contribution < -0.4 is 16.0 Å². The molecule has 6 heteroatoms. The normalized spacial score (nSPS) is 17.2. The van der Waals surface area contributed by atoms with Gasteiger partial charge in [-0.3, -0.25) is 9.79 Å². The molecule has 2 rings (SSSR count). The van der Waals surface area contributed by atoms with Crippen molar-refractivity contribution in [3.63, 3.8) is 0 Å². The second-order valence-electron chi connectivity index (χ2n) is 6.35. The number of likely N-dealkylation sites (N-methyl/N-ethyl adjacent to an activating group) is 1. The van der Waals surface area contributed by atoms with Crippen LogP contribution in [-0.2, 0) is 4.79 Å². The monoisotopic (exact) mass is 345 g/mol. The third-order valence-corrected chi connectivity index (χ3v) is 4.55. The minimum absolute atomic E-state index is 0.0756. The molecule has 0 spiro atoms. The van der Waals surface area contributed by atoms with Crippen molar-refractivity contribution in [2.45, 2.75) is 32.6 Å². The van der Waals surface area contributed by atoms with Crippen molar-refractivity contribution in [2.75, 3.05) is 45.1 Å². The number of guanidine groups is 1. The summed E-state index contributed by atoms with van der Waals surface area (Å²) in [5, 5.41) is 9.67. The van der Waals surface area contributed by atoms with E-state index in [0.717, 1.165) is 37.8 Å². The number of hydrogen-bond acceptors (Lipinski definition) is 3. The summed E-state index contributed by atoms with van der Waals surface area (Å²) in [6.07, 6.45) is 1.67. The molecule has 0 saturated carbocycles. The second kappa shape index (κ2) is 10.0. The number of rotatable bonds is 8. The predicted molar refractivity (Wildman–Crippen MR) is 104 cm³/mol. The number of anilines is 1. The molecule has 0 fully saturated rings. The highest BCUT2D eigenvalue weighted by Gasteiger charge is 2.24. The Morgan fingerprint density at radius 1 is 1.28 bits per heavy atom. The first-order chi connectivity index (χ1) is 12.2. The molecule has 0 radical (unpaired) electrons. The van der Waals surface area contributed by atoms with Crippen molar-refractivity contribution >= 4 is 17.6 Å². The van der Waals surface area contributed by atoms with E-state index in [9.17, 15) is 4.79 Å². The number of nitrogens with one attached hydrogen (secondary N) is 3. The number of fused-ring (bicyclic) bond motifs is 1. The highest BCUT2D eigenvalue weighted by atomic mass is 16.1. The van der Waals surface area contributed by atoms with Crippen molar-refractivity contribution in [3.8, 4) is 0 Å². The first kappa shape index (κ1) is 19.2. The minimum atomic E-state index is 0.0756.